The van der Waals surface area contributed by atoms with Gasteiger partial charge >= 0.3 is 5.97 Å². The van der Waals surface area contributed by atoms with Crippen molar-refractivity contribution in [1.82, 2.24) is 4.98 Å². The second kappa shape index (κ2) is 5.72. The fraction of sp³-hybridized carbons (Fsp3) is 0.333. The minimum absolute atomic E-state index is 0.256. The standard InChI is InChI=1S/C9H10BrNO3/c10-8-3-1-2-7(11-8)4-5-14-6-9(12)13/h1-3H,4-6H2,(H,12,13). The van der Waals surface area contributed by atoms with Crippen LogP contribution in [0.4, 0.5) is 0 Å². The van der Waals surface area contributed by atoms with E-state index < -0.39 is 5.97 Å². The summed E-state index contributed by atoms with van der Waals surface area (Å²) in [5.41, 5.74) is 0.879. The molecule has 14 heavy (non-hydrogen) atoms. The topological polar surface area (TPSA) is 59.4 Å². The van der Waals surface area contributed by atoms with Crippen LogP contribution in [0.3, 0.4) is 0 Å². The monoisotopic (exact) mass is 259 g/mol. The number of carbonyl (C=O) groups is 1. The SMILES string of the molecule is O=C(O)COCCc1cccc(Br)n1. The molecule has 5 heteroatoms. The highest BCUT2D eigenvalue weighted by molar-refractivity contribution is 9.10. The molecule has 76 valence electrons. The average Bonchev–Trinajstić information content (AvgIpc) is 2.12. The molecule has 0 aliphatic carbocycles. The zero-order valence-electron chi connectivity index (χ0n) is 7.44. The third kappa shape index (κ3) is 4.34. The number of pyridine rings is 1. The summed E-state index contributed by atoms with van der Waals surface area (Å²) >= 11 is 3.25. The Balaban J connectivity index is 2.28. The minimum Gasteiger partial charge on any atom is -0.480 e. The van der Waals surface area contributed by atoms with Gasteiger partial charge in [-0.2, -0.15) is 0 Å². The van der Waals surface area contributed by atoms with Crippen molar-refractivity contribution in [2.45, 2.75) is 6.42 Å². The van der Waals surface area contributed by atoms with Gasteiger partial charge < -0.3 is 9.84 Å². The summed E-state index contributed by atoms with van der Waals surface area (Å²) in [5.74, 6) is -0.952. The lowest BCUT2D eigenvalue weighted by atomic mass is 10.3. The van der Waals surface area contributed by atoms with E-state index in [0.29, 0.717) is 13.0 Å². The molecule has 0 unspecified atom stereocenters. The zero-order valence-corrected chi connectivity index (χ0v) is 9.03. The van der Waals surface area contributed by atoms with E-state index >= 15 is 0 Å². The van der Waals surface area contributed by atoms with Crippen molar-refractivity contribution in [3.05, 3.63) is 28.5 Å². The molecule has 1 aromatic rings. The quantitative estimate of drug-likeness (QED) is 0.643. The maximum Gasteiger partial charge on any atom is 0.329 e. The average molecular weight is 260 g/mol. The van der Waals surface area contributed by atoms with Crippen LogP contribution in [-0.2, 0) is 16.0 Å². The molecular formula is C9H10BrNO3. The van der Waals surface area contributed by atoms with Crippen LogP contribution in [0.5, 0.6) is 0 Å². The van der Waals surface area contributed by atoms with Crippen molar-refractivity contribution in [3.63, 3.8) is 0 Å². The van der Waals surface area contributed by atoms with Crippen LogP contribution in [0.2, 0.25) is 0 Å². The van der Waals surface area contributed by atoms with Crippen LogP contribution in [-0.4, -0.2) is 29.3 Å². The number of halogens is 1. The number of rotatable bonds is 5. The largest absolute Gasteiger partial charge is 0.480 e. The Morgan fingerprint density at radius 2 is 2.36 bits per heavy atom. The Hall–Kier alpha value is -0.940. The summed E-state index contributed by atoms with van der Waals surface area (Å²) in [4.78, 5) is 14.3. The highest BCUT2D eigenvalue weighted by Crippen LogP contribution is 2.06. The third-order valence-electron chi connectivity index (χ3n) is 1.50. The highest BCUT2D eigenvalue weighted by atomic mass is 79.9. The van der Waals surface area contributed by atoms with E-state index in [-0.39, 0.29) is 6.61 Å². The van der Waals surface area contributed by atoms with Crippen molar-refractivity contribution in [2.75, 3.05) is 13.2 Å². The van der Waals surface area contributed by atoms with Gasteiger partial charge in [0.15, 0.2) is 0 Å². The lowest BCUT2D eigenvalue weighted by molar-refractivity contribution is -0.142. The van der Waals surface area contributed by atoms with E-state index in [1.807, 2.05) is 18.2 Å². The number of hydrogen-bond acceptors (Lipinski definition) is 3. The summed E-state index contributed by atoms with van der Waals surface area (Å²) in [5, 5.41) is 8.31. The Morgan fingerprint density at radius 3 is 3.00 bits per heavy atom. The van der Waals surface area contributed by atoms with Crippen LogP contribution in [0.25, 0.3) is 0 Å². The van der Waals surface area contributed by atoms with Crippen molar-refractivity contribution in [2.24, 2.45) is 0 Å². The Morgan fingerprint density at radius 1 is 1.57 bits per heavy atom. The second-order valence-electron chi connectivity index (χ2n) is 2.65. The molecule has 0 saturated carbocycles. The number of aromatic nitrogens is 1. The van der Waals surface area contributed by atoms with E-state index in [1.54, 1.807) is 0 Å². The number of aliphatic carboxylic acids is 1. The lowest BCUT2D eigenvalue weighted by Gasteiger charge is -2.01. The van der Waals surface area contributed by atoms with Crippen molar-refractivity contribution >= 4 is 21.9 Å². The lowest BCUT2D eigenvalue weighted by Crippen LogP contribution is -2.09. The Kier molecular flexibility index (Phi) is 4.55. The van der Waals surface area contributed by atoms with Gasteiger partial charge in [-0.3, -0.25) is 0 Å². The maximum atomic E-state index is 10.1. The van der Waals surface area contributed by atoms with Crippen molar-refractivity contribution in [1.29, 1.82) is 0 Å². The van der Waals surface area contributed by atoms with Gasteiger partial charge in [0.2, 0.25) is 0 Å². The Bertz CT molecular complexity index is 317. The summed E-state index contributed by atoms with van der Waals surface area (Å²) in [6.45, 7) is 0.115. The van der Waals surface area contributed by atoms with E-state index in [1.165, 1.54) is 0 Å². The molecule has 0 saturated heterocycles. The van der Waals surface area contributed by atoms with Crippen molar-refractivity contribution < 1.29 is 14.6 Å². The molecule has 0 radical (unpaired) electrons. The molecule has 4 nitrogen and oxygen atoms in total. The highest BCUT2D eigenvalue weighted by Gasteiger charge is 1.98. The summed E-state index contributed by atoms with van der Waals surface area (Å²) in [7, 11) is 0. The molecule has 1 N–H and O–H groups in total. The van der Waals surface area contributed by atoms with E-state index in [2.05, 4.69) is 20.9 Å². The smallest absolute Gasteiger partial charge is 0.329 e. The van der Waals surface area contributed by atoms with Gasteiger partial charge in [0.25, 0.3) is 0 Å². The number of ether oxygens (including phenoxy) is 1. The fourth-order valence-electron chi connectivity index (χ4n) is 0.926. The third-order valence-corrected chi connectivity index (χ3v) is 1.94. The van der Waals surface area contributed by atoms with Crippen LogP contribution in [0.15, 0.2) is 22.8 Å². The summed E-state index contributed by atoms with van der Waals surface area (Å²) in [6.07, 6.45) is 0.618. The number of carboxylic acid groups (broad SMARTS) is 1. The van der Waals surface area contributed by atoms with Gasteiger partial charge in [-0.25, -0.2) is 9.78 Å². The number of carboxylic acids is 1. The van der Waals surface area contributed by atoms with Crippen LogP contribution < -0.4 is 0 Å². The predicted molar refractivity (Wildman–Crippen MR) is 54.1 cm³/mol. The minimum atomic E-state index is -0.952. The molecule has 0 bridgehead atoms. The van der Waals surface area contributed by atoms with Gasteiger partial charge in [-0.15, -0.1) is 0 Å². The van der Waals surface area contributed by atoms with E-state index in [4.69, 9.17) is 9.84 Å². The first-order chi connectivity index (χ1) is 6.68. The van der Waals surface area contributed by atoms with Crippen LogP contribution >= 0.6 is 15.9 Å². The summed E-state index contributed by atoms with van der Waals surface area (Å²) < 4.78 is 5.66. The van der Waals surface area contributed by atoms with Gasteiger partial charge in [0, 0.05) is 12.1 Å². The molecule has 0 spiro atoms. The van der Waals surface area contributed by atoms with Crippen molar-refractivity contribution in [3.8, 4) is 0 Å². The molecule has 1 heterocycles. The first kappa shape index (κ1) is 11.1. The molecular weight excluding hydrogens is 250 g/mol. The fourth-order valence-corrected chi connectivity index (χ4v) is 1.31. The molecule has 0 atom stereocenters. The summed E-state index contributed by atoms with van der Waals surface area (Å²) in [6, 6.07) is 5.58. The first-order valence-corrected chi connectivity index (χ1v) is 4.89. The first-order valence-electron chi connectivity index (χ1n) is 4.09. The van der Waals surface area contributed by atoms with Crippen LogP contribution in [0.1, 0.15) is 5.69 Å². The number of hydrogen-bond donors (Lipinski definition) is 1. The predicted octanol–water partition coefficient (Wildman–Crippen LogP) is 1.49. The molecule has 0 amide bonds. The molecule has 1 aromatic heterocycles. The van der Waals surface area contributed by atoms with Gasteiger partial charge in [-0.05, 0) is 28.1 Å². The molecule has 1 rings (SSSR count). The second-order valence-corrected chi connectivity index (χ2v) is 3.46. The van der Waals surface area contributed by atoms with Gasteiger partial charge in [-0.1, -0.05) is 6.07 Å². The normalized spacial score (nSPS) is 10.1. The van der Waals surface area contributed by atoms with Gasteiger partial charge in [0.05, 0.1) is 6.61 Å². The molecule has 0 aromatic carbocycles. The number of nitrogens with zero attached hydrogens (tertiary/aromatic N) is 1. The maximum absolute atomic E-state index is 10.1. The van der Waals surface area contributed by atoms with E-state index in [0.717, 1.165) is 10.3 Å². The molecule has 0 fully saturated rings. The van der Waals surface area contributed by atoms with E-state index in [9.17, 15) is 4.79 Å². The molecule has 0 aliphatic heterocycles. The van der Waals surface area contributed by atoms with Crippen LogP contribution in [0, 0.1) is 0 Å². The zero-order chi connectivity index (χ0) is 10.4. The van der Waals surface area contributed by atoms with Gasteiger partial charge in [0.1, 0.15) is 11.2 Å². The Labute approximate surface area is 90.0 Å². The molecule has 0 aliphatic rings.